The van der Waals surface area contributed by atoms with Gasteiger partial charge in [-0.2, -0.15) is 0 Å². The van der Waals surface area contributed by atoms with Crippen LogP contribution < -0.4 is 0 Å². The highest BCUT2D eigenvalue weighted by atomic mass is 16.4. The van der Waals surface area contributed by atoms with Gasteiger partial charge in [0, 0.05) is 0 Å². The molecule has 0 saturated heterocycles. The monoisotopic (exact) mass is 290 g/mol. The summed E-state index contributed by atoms with van der Waals surface area (Å²) in [7, 11) is 0. The van der Waals surface area contributed by atoms with Crippen LogP contribution in [0.3, 0.4) is 0 Å². The predicted octanol–water partition coefficient (Wildman–Crippen LogP) is 4.90. The van der Waals surface area contributed by atoms with Gasteiger partial charge in [0.25, 0.3) is 0 Å². The highest BCUT2D eigenvalue weighted by Crippen LogP contribution is 2.57. The third-order valence-corrected chi connectivity index (χ3v) is 6.90. The molecule has 5 atom stereocenters. The van der Waals surface area contributed by atoms with Crippen molar-refractivity contribution in [1.82, 2.24) is 0 Å². The maximum atomic E-state index is 11.8. The third-order valence-electron chi connectivity index (χ3n) is 6.90. The van der Waals surface area contributed by atoms with E-state index >= 15 is 0 Å². The van der Waals surface area contributed by atoms with E-state index in [2.05, 4.69) is 19.9 Å². The molecule has 118 valence electrons. The van der Waals surface area contributed by atoms with Crippen LogP contribution >= 0.6 is 0 Å². The van der Waals surface area contributed by atoms with Crippen molar-refractivity contribution >= 4 is 5.97 Å². The largest absolute Gasteiger partial charge is 0.481 e. The van der Waals surface area contributed by atoms with Crippen molar-refractivity contribution in [2.75, 3.05) is 0 Å². The van der Waals surface area contributed by atoms with Crippen LogP contribution in [0.2, 0.25) is 0 Å². The molecule has 0 aromatic rings. The van der Waals surface area contributed by atoms with Gasteiger partial charge >= 0.3 is 5.97 Å². The molecular weight excluding hydrogens is 260 g/mol. The van der Waals surface area contributed by atoms with Crippen molar-refractivity contribution in [3.63, 3.8) is 0 Å². The fraction of sp³-hybridized carbons (Fsp3) is 0.842. The number of rotatable bonds is 2. The first kappa shape index (κ1) is 15.1. The SMILES string of the molecule is CC(C)C1=CC2CC[C@@H]3[C@H](CCC[C@@]3(C)C(=O)O)[C@H]2CC1. The van der Waals surface area contributed by atoms with E-state index < -0.39 is 11.4 Å². The number of hydrogen-bond donors (Lipinski definition) is 1. The Morgan fingerprint density at radius 1 is 1.24 bits per heavy atom. The summed E-state index contributed by atoms with van der Waals surface area (Å²) in [6.45, 7) is 6.63. The molecule has 2 fully saturated rings. The van der Waals surface area contributed by atoms with Crippen LogP contribution in [0.5, 0.6) is 0 Å². The zero-order valence-corrected chi connectivity index (χ0v) is 13.8. The molecule has 0 radical (unpaired) electrons. The molecule has 2 saturated carbocycles. The first-order chi connectivity index (χ1) is 9.93. The van der Waals surface area contributed by atoms with Gasteiger partial charge in [-0.15, -0.1) is 0 Å². The smallest absolute Gasteiger partial charge is 0.309 e. The number of fused-ring (bicyclic) bond motifs is 3. The minimum absolute atomic E-state index is 0.416. The van der Waals surface area contributed by atoms with E-state index in [0.29, 0.717) is 17.8 Å². The normalized spacial score (nSPS) is 43.0. The van der Waals surface area contributed by atoms with Gasteiger partial charge in [-0.05, 0) is 75.0 Å². The van der Waals surface area contributed by atoms with E-state index in [-0.39, 0.29) is 0 Å². The summed E-state index contributed by atoms with van der Waals surface area (Å²) in [6.07, 6.45) is 10.7. The van der Waals surface area contributed by atoms with Gasteiger partial charge < -0.3 is 5.11 Å². The van der Waals surface area contributed by atoms with E-state index in [1.54, 1.807) is 5.57 Å². The molecule has 1 N–H and O–H groups in total. The van der Waals surface area contributed by atoms with Crippen LogP contribution in [0.15, 0.2) is 11.6 Å². The molecule has 0 heterocycles. The van der Waals surface area contributed by atoms with Gasteiger partial charge in [-0.3, -0.25) is 4.79 Å². The van der Waals surface area contributed by atoms with Crippen molar-refractivity contribution < 1.29 is 9.90 Å². The zero-order chi connectivity index (χ0) is 15.2. The summed E-state index contributed by atoms with van der Waals surface area (Å²) in [6, 6.07) is 0. The summed E-state index contributed by atoms with van der Waals surface area (Å²) in [5.74, 6) is 2.69. The Bertz CT molecular complexity index is 450. The molecule has 3 rings (SSSR count). The Morgan fingerprint density at radius 2 is 2.00 bits per heavy atom. The fourth-order valence-corrected chi connectivity index (χ4v) is 5.59. The summed E-state index contributed by atoms with van der Waals surface area (Å²) >= 11 is 0. The molecule has 0 aromatic carbocycles. The number of aliphatic carboxylic acids is 1. The van der Waals surface area contributed by atoms with Crippen LogP contribution in [-0.4, -0.2) is 11.1 Å². The number of hydrogen-bond acceptors (Lipinski definition) is 1. The molecule has 0 spiro atoms. The molecule has 0 aromatic heterocycles. The van der Waals surface area contributed by atoms with Crippen LogP contribution in [0, 0.1) is 35.0 Å². The molecule has 0 bridgehead atoms. The summed E-state index contributed by atoms with van der Waals surface area (Å²) in [5, 5.41) is 9.74. The van der Waals surface area contributed by atoms with Crippen molar-refractivity contribution in [2.24, 2.45) is 35.0 Å². The van der Waals surface area contributed by atoms with Crippen LogP contribution in [0.4, 0.5) is 0 Å². The Morgan fingerprint density at radius 3 is 2.67 bits per heavy atom. The minimum atomic E-state index is -0.551. The molecule has 21 heavy (non-hydrogen) atoms. The van der Waals surface area contributed by atoms with E-state index in [4.69, 9.17) is 0 Å². The highest BCUT2D eigenvalue weighted by Gasteiger charge is 2.52. The lowest BCUT2D eigenvalue weighted by Gasteiger charge is -2.53. The molecule has 0 amide bonds. The number of allylic oxidation sites excluding steroid dienone is 2. The van der Waals surface area contributed by atoms with Crippen molar-refractivity contribution in [1.29, 1.82) is 0 Å². The van der Waals surface area contributed by atoms with Crippen molar-refractivity contribution in [3.05, 3.63) is 11.6 Å². The summed E-state index contributed by atoms with van der Waals surface area (Å²) < 4.78 is 0. The minimum Gasteiger partial charge on any atom is -0.481 e. The quantitative estimate of drug-likeness (QED) is 0.735. The highest BCUT2D eigenvalue weighted by molar-refractivity contribution is 5.74. The fourth-order valence-electron chi connectivity index (χ4n) is 5.59. The first-order valence-corrected chi connectivity index (χ1v) is 8.87. The molecule has 2 heteroatoms. The van der Waals surface area contributed by atoms with Crippen LogP contribution in [0.1, 0.15) is 65.7 Å². The van der Waals surface area contributed by atoms with Crippen LogP contribution in [-0.2, 0) is 4.79 Å². The van der Waals surface area contributed by atoms with E-state index in [1.165, 1.54) is 25.7 Å². The molecule has 1 unspecified atom stereocenters. The maximum Gasteiger partial charge on any atom is 0.309 e. The van der Waals surface area contributed by atoms with Gasteiger partial charge in [0.2, 0.25) is 0 Å². The van der Waals surface area contributed by atoms with Crippen molar-refractivity contribution in [3.8, 4) is 0 Å². The molecule has 0 aliphatic heterocycles. The lowest BCUT2D eigenvalue weighted by molar-refractivity contribution is -0.159. The van der Waals surface area contributed by atoms with Gasteiger partial charge in [-0.25, -0.2) is 0 Å². The number of carboxylic acids is 1. The Hall–Kier alpha value is -0.790. The topological polar surface area (TPSA) is 37.3 Å². The second-order valence-corrected chi connectivity index (χ2v) is 8.23. The second kappa shape index (κ2) is 5.44. The van der Waals surface area contributed by atoms with Gasteiger partial charge in [-0.1, -0.05) is 31.9 Å². The van der Waals surface area contributed by atoms with Gasteiger partial charge in [0.05, 0.1) is 5.41 Å². The summed E-state index contributed by atoms with van der Waals surface area (Å²) in [4.78, 5) is 11.8. The second-order valence-electron chi connectivity index (χ2n) is 8.23. The number of carboxylic acid groups (broad SMARTS) is 1. The third kappa shape index (κ3) is 2.45. The lowest BCUT2D eigenvalue weighted by atomic mass is 9.51. The van der Waals surface area contributed by atoms with Crippen LogP contribution in [0.25, 0.3) is 0 Å². The van der Waals surface area contributed by atoms with E-state index in [1.807, 2.05) is 6.92 Å². The van der Waals surface area contributed by atoms with Gasteiger partial charge in [0.1, 0.15) is 0 Å². The first-order valence-electron chi connectivity index (χ1n) is 8.87. The number of carbonyl (C=O) groups is 1. The average molecular weight is 290 g/mol. The zero-order valence-electron chi connectivity index (χ0n) is 13.8. The molecule has 2 nitrogen and oxygen atoms in total. The predicted molar refractivity (Wildman–Crippen MR) is 84.9 cm³/mol. The van der Waals surface area contributed by atoms with Crippen molar-refractivity contribution in [2.45, 2.75) is 65.7 Å². The van der Waals surface area contributed by atoms with E-state index in [9.17, 15) is 9.90 Å². The lowest BCUT2D eigenvalue weighted by Crippen LogP contribution is -2.49. The molecular formula is C19H30O2. The Balaban J connectivity index is 1.84. The summed E-state index contributed by atoms with van der Waals surface area (Å²) in [5.41, 5.74) is 1.18. The van der Waals surface area contributed by atoms with E-state index in [0.717, 1.165) is 31.1 Å². The standard InChI is InChI=1S/C19H30O2/c1-12(2)13-6-8-15-14(11-13)7-9-17-16(15)5-4-10-19(17,3)18(20)21/h11-12,14-17H,4-10H2,1-3H3,(H,20,21)/t14?,15-,16+,17+,19+/m0/s1. The average Bonchev–Trinajstić information content (AvgIpc) is 2.46. The maximum absolute atomic E-state index is 11.8. The van der Waals surface area contributed by atoms with Gasteiger partial charge in [0.15, 0.2) is 0 Å². The molecule has 3 aliphatic carbocycles. The Kier molecular flexibility index (Phi) is 3.92. The molecule has 3 aliphatic rings. The Labute approximate surface area is 129 Å².